The predicted octanol–water partition coefficient (Wildman–Crippen LogP) is 4.67. The normalized spacial score (nSPS) is 10.8. The van der Waals surface area contributed by atoms with E-state index in [9.17, 15) is 14.0 Å². The number of aromatic nitrogens is 2. The van der Waals surface area contributed by atoms with E-state index in [4.69, 9.17) is 5.73 Å². The van der Waals surface area contributed by atoms with Crippen molar-refractivity contribution >= 4 is 44.3 Å². The lowest BCUT2D eigenvalue weighted by Gasteiger charge is -2.11. The minimum Gasteiger partial charge on any atom is -0.366 e. The lowest BCUT2D eigenvalue weighted by Crippen LogP contribution is -2.12. The summed E-state index contributed by atoms with van der Waals surface area (Å²) in [6.45, 7) is 0.340. The van der Waals surface area contributed by atoms with Gasteiger partial charge in [0.15, 0.2) is 5.78 Å². The maximum Gasteiger partial charge on any atom is 0.250 e. The van der Waals surface area contributed by atoms with Gasteiger partial charge in [-0.2, -0.15) is 0 Å². The highest BCUT2D eigenvalue weighted by Crippen LogP contribution is 2.23. The topological polar surface area (TPSA) is 98.0 Å². The van der Waals surface area contributed by atoms with E-state index in [0.29, 0.717) is 40.0 Å². The molecular weight excluding hydrogens is 475 g/mol. The van der Waals surface area contributed by atoms with Gasteiger partial charge in [0.1, 0.15) is 18.0 Å². The second-order valence-electron chi connectivity index (χ2n) is 7.17. The molecule has 3 aromatic carbocycles. The summed E-state index contributed by atoms with van der Waals surface area (Å²) in [4.78, 5) is 32.6. The average Bonchev–Trinajstić information content (AvgIpc) is 2.79. The number of ketones is 1. The summed E-state index contributed by atoms with van der Waals surface area (Å²) in [5, 5.41) is 3.84. The van der Waals surface area contributed by atoms with E-state index in [1.807, 2.05) is 0 Å². The molecule has 160 valence electrons. The van der Waals surface area contributed by atoms with Gasteiger partial charge in [-0.15, -0.1) is 0 Å². The summed E-state index contributed by atoms with van der Waals surface area (Å²) in [6, 6.07) is 16.7. The third-order valence-electron chi connectivity index (χ3n) is 5.02. The smallest absolute Gasteiger partial charge is 0.250 e. The zero-order chi connectivity index (χ0) is 22.7. The van der Waals surface area contributed by atoms with Crippen LogP contribution in [0.5, 0.6) is 0 Å². The molecular formula is C24H18BrFN4O2. The Kier molecular flexibility index (Phi) is 6.23. The number of halogens is 2. The molecule has 0 radical (unpaired) electrons. The van der Waals surface area contributed by atoms with Gasteiger partial charge in [0.05, 0.1) is 11.1 Å². The zero-order valence-electron chi connectivity index (χ0n) is 16.8. The lowest BCUT2D eigenvalue weighted by atomic mass is 10.0. The highest BCUT2D eigenvalue weighted by molar-refractivity contribution is 9.10. The molecule has 0 aliphatic carbocycles. The van der Waals surface area contributed by atoms with Gasteiger partial charge in [-0.3, -0.25) is 9.59 Å². The third-order valence-corrected chi connectivity index (χ3v) is 5.55. The lowest BCUT2D eigenvalue weighted by molar-refractivity contribution is 0.0987. The Hall–Kier alpha value is -3.65. The fourth-order valence-corrected chi connectivity index (χ4v) is 3.66. The van der Waals surface area contributed by atoms with Gasteiger partial charge >= 0.3 is 0 Å². The van der Waals surface area contributed by atoms with Gasteiger partial charge in [-0.05, 0) is 41.5 Å². The average molecular weight is 493 g/mol. The quantitative estimate of drug-likeness (QED) is 0.365. The van der Waals surface area contributed by atoms with Crippen molar-refractivity contribution in [2.75, 3.05) is 5.32 Å². The number of para-hydroxylation sites is 1. The van der Waals surface area contributed by atoms with Gasteiger partial charge in [0.2, 0.25) is 0 Å². The van der Waals surface area contributed by atoms with Crippen LogP contribution in [-0.2, 0) is 13.0 Å². The van der Waals surface area contributed by atoms with Gasteiger partial charge in [-0.1, -0.05) is 46.3 Å². The van der Waals surface area contributed by atoms with Crippen LogP contribution in [0, 0.1) is 5.82 Å². The maximum atomic E-state index is 14.4. The van der Waals surface area contributed by atoms with E-state index >= 15 is 0 Å². The van der Waals surface area contributed by atoms with Gasteiger partial charge in [-0.25, -0.2) is 14.4 Å². The highest BCUT2D eigenvalue weighted by atomic mass is 79.9. The monoisotopic (exact) mass is 492 g/mol. The fraction of sp³-hybridized carbons (Fsp3) is 0.0833. The number of primary amides is 1. The molecule has 0 fully saturated rings. The molecule has 0 unspecified atom stereocenters. The second kappa shape index (κ2) is 9.23. The number of amides is 1. The van der Waals surface area contributed by atoms with Crippen LogP contribution >= 0.6 is 15.9 Å². The Balaban J connectivity index is 1.54. The number of benzene rings is 3. The summed E-state index contributed by atoms with van der Waals surface area (Å²) in [5.41, 5.74) is 7.82. The van der Waals surface area contributed by atoms with Crippen LogP contribution in [0.3, 0.4) is 0 Å². The van der Waals surface area contributed by atoms with E-state index in [-0.39, 0.29) is 12.2 Å². The number of rotatable bonds is 7. The van der Waals surface area contributed by atoms with Crippen LogP contribution in [0.15, 0.2) is 71.5 Å². The molecule has 6 nitrogen and oxygen atoms in total. The molecule has 8 heteroatoms. The van der Waals surface area contributed by atoms with E-state index < -0.39 is 11.7 Å². The second-order valence-corrected chi connectivity index (χ2v) is 8.09. The molecule has 0 atom stereocenters. The summed E-state index contributed by atoms with van der Waals surface area (Å²) in [5.74, 6) is -0.645. The van der Waals surface area contributed by atoms with Crippen molar-refractivity contribution < 1.29 is 14.0 Å². The predicted molar refractivity (Wildman–Crippen MR) is 124 cm³/mol. The molecule has 1 heterocycles. The summed E-state index contributed by atoms with van der Waals surface area (Å²) < 4.78 is 15.2. The highest BCUT2D eigenvalue weighted by Gasteiger charge is 2.13. The molecule has 0 saturated heterocycles. The molecule has 0 saturated carbocycles. The van der Waals surface area contributed by atoms with E-state index in [1.54, 1.807) is 54.6 Å². The Morgan fingerprint density at radius 2 is 1.81 bits per heavy atom. The van der Waals surface area contributed by atoms with Crippen LogP contribution in [-0.4, -0.2) is 21.7 Å². The van der Waals surface area contributed by atoms with E-state index in [1.165, 1.54) is 12.4 Å². The molecule has 0 aliphatic heterocycles. The zero-order valence-corrected chi connectivity index (χ0v) is 18.4. The van der Waals surface area contributed by atoms with Gasteiger partial charge in [0.25, 0.3) is 5.91 Å². The number of hydrogen-bond donors (Lipinski definition) is 2. The van der Waals surface area contributed by atoms with Crippen LogP contribution in [0.1, 0.15) is 31.8 Å². The number of nitrogens with two attached hydrogens (primary N) is 1. The van der Waals surface area contributed by atoms with Gasteiger partial charge in [0, 0.05) is 28.4 Å². The van der Waals surface area contributed by atoms with Gasteiger partial charge < -0.3 is 11.1 Å². The van der Waals surface area contributed by atoms with Crippen molar-refractivity contribution in [3.8, 4) is 0 Å². The minimum atomic E-state index is -0.570. The first-order valence-corrected chi connectivity index (χ1v) is 10.5. The molecule has 0 aliphatic rings. The molecule has 3 N–H and O–H groups in total. The number of carbonyl (C=O) groups excluding carboxylic acids is 2. The number of fused-ring (bicyclic) bond motifs is 1. The molecule has 4 rings (SSSR count). The summed E-state index contributed by atoms with van der Waals surface area (Å²) in [7, 11) is 0. The minimum absolute atomic E-state index is 0.0419. The Bertz CT molecular complexity index is 1330. The summed E-state index contributed by atoms with van der Waals surface area (Å²) in [6.07, 6.45) is 1.31. The first-order chi connectivity index (χ1) is 15.4. The molecule has 1 amide bonds. The van der Waals surface area contributed by atoms with Crippen molar-refractivity contribution in [3.63, 3.8) is 0 Å². The van der Waals surface area contributed by atoms with E-state index in [2.05, 4.69) is 31.2 Å². The van der Waals surface area contributed by atoms with Crippen LogP contribution in [0.25, 0.3) is 10.9 Å². The molecule has 0 spiro atoms. The Morgan fingerprint density at radius 1 is 1.03 bits per heavy atom. The fourth-order valence-electron chi connectivity index (χ4n) is 3.40. The molecule has 4 aromatic rings. The largest absolute Gasteiger partial charge is 0.366 e. The van der Waals surface area contributed by atoms with E-state index in [0.717, 1.165) is 10.0 Å². The first kappa shape index (κ1) is 21.6. The third kappa shape index (κ3) is 4.65. The molecule has 1 aromatic heterocycles. The van der Waals surface area contributed by atoms with Crippen molar-refractivity contribution in [3.05, 3.63) is 99.5 Å². The van der Waals surface area contributed by atoms with Crippen LogP contribution in [0.2, 0.25) is 0 Å². The standard InChI is InChI=1S/C24H18BrFN4O2/c25-17-7-5-15(6-8-17)21(31)11-16-10-14(4-9-20(16)26)12-28-24-19-3-1-2-18(23(27)32)22(19)29-13-30-24/h1-10,13H,11-12H2,(H2,27,32)(H,28,29,30). The van der Waals surface area contributed by atoms with Crippen molar-refractivity contribution in [1.29, 1.82) is 0 Å². The number of anilines is 1. The van der Waals surface area contributed by atoms with Crippen molar-refractivity contribution in [2.45, 2.75) is 13.0 Å². The Labute approximate surface area is 191 Å². The number of nitrogens with zero attached hydrogens (tertiary/aromatic N) is 2. The molecule has 32 heavy (non-hydrogen) atoms. The first-order valence-electron chi connectivity index (χ1n) is 9.76. The summed E-state index contributed by atoms with van der Waals surface area (Å²) >= 11 is 3.33. The van der Waals surface area contributed by atoms with Crippen molar-refractivity contribution in [1.82, 2.24) is 9.97 Å². The van der Waals surface area contributed by atoms with Crippen molar-refractivity contribution in [2.24, 2.45) is 5.73 Å². The number of carbonyl (C=O) groups is 2. The van der Waals surface area contributed by atoms with Crippen LogP contribution in [0.4, 0.5) is 10.2 Å². The Morgan fingerprint density at radius 3 is 2.56 bits per heavy atom. The number of nitrogens with one attached hydrogen (secondary N) is 1. The number of hydrogen-bond acceptors (Lipinski definition) is 5. The number of Topliss-reactive ketones (excluding diaryl/α,β-unsaturated/α-hetero) is 1. The molecule has 0 bridgehead atoms. The van der Waals surface area contributed by atoms with Crippen LogP contribution < -0.4 is 11.1 Å². The maximum absolute atomic E-state index is 14.4. The SMILES string of the molecule is NC(=O)c1cccc2c(NCc3ccc(F)c(CC(=O)c4ccc(Br)cc4)c3)ncnc12.